The molecule has 0 saturated heterocycles. The first-order valence-electron chi connectivity index (χ1n) is 12.2. The molecule has 1 aliphatic rings. The zero-order valence-corrected chi connectivity index (χ0v) is 21.0. The van der Waals surface area contributed by atoms with E-state index in [1.807, 2.05) is 44.2 Å². The highest BCUT2D eigenvalue weighted by Crippen LogP contribution is 2.34. The van der Waals surface area contributed by atoms with Gasteiger partial charge in [-0.25, -0.2) is 4.79 Å². The van der Waals surface area contributed by atoms with E-state index in [9.17, 15) is 14.4 Å². The largest absolute Gasteiger partial charge is 0.455 e. The number of hydrogen-bond donors (Lipinski definition) is 1. The van der Waals surface area contributed by atoms with E-state index in [0.29, 0.717) is 18.5 Å². The number of nitrogens with zero attached hydrogens (tertiary/aromatic N) is 4. The number of ether oxygens (including phenoxy) is 1. The zero-order valence-electron chi connectivity index (χ0n) is 21.0. The molecule has 0 fully saturated rings. The average molecular weight is 500 g/mol. The summed E-state index contributed by atoms with van der Waals surface area (Å²) in [6, 6.07) is 16.4. The van der Waals surface area contributed by atoms with Crippen LogP contribution in [0.5, 0.6) is 6.01 Å². The topological polar surface area (TPSA) is 114 Å². The molecule has 2 N–H and O–H groups in total. The minimum atomic E-state index is -0.622. The van der Waals surface area contributed by atoms with Crippen LogP contribution in [0, 0.1) is 0 Å². The van der Waals surface area contributed by atoms with Gasteiger partial charge >= 0.3 is 5.69 Å². The summed E-state index contributed by atoms with van der Waals surface area (Å²) in [4.78, 5) is 44.3. The smallest absolute Gasteiger partial charge is 0.332 e. The Hall–Kier alpha value is -4.24. The van der Waals surface area contributed by atoms with Gasteiger partial charge in [-0.05, 0) is 31.4 Å². The maximum absolute atomic E-state index is 13.7. The number of aryl methyl sites for hydroxylation is 1. The van der Waals surface area contributed by atoms with Crippen LogP contribution in [0.25, 0.3) is 11.2 Å². The normalized spacial score (nSPS) is 16.5. The number of fused-ring (bicyclic) bond motifs is 2. The minimum absolute atomic E-state index is 0.190. The maximum atomic E-state index is 13.7. The van der Waals surface area contributed by atoms with Crippen LogP contribution in [-0.4, -0.2) is 30.5 Å². The van der Waals surface area contributed by atoms with Crippen molar-refractivity contribution in [2.24, 2.45) is 12.8 Å². The van der Waals surface area contributed by atoms with E-state index in [-0.39, 0.29) is 35.5 Å². The van der Waals surface area contributed by atoms with Crippen LogP contribution in [0.15, 0.2) is 75.8 Å². The van der Waals surface area contributed by atoms with Gasteiger partial charge in [-0.1, -0.05) is 66.2 Å². The van der Waals surface area contributed by atoms with Crippen LogP contribution in [0.1, 0.15) is 41.4 Å². The van der Waals surface area contributed by atoms with Crippen molar-refractivity contribution < 1.29 is 9.53 Å². The third-order valence-corrected chi connectivity index (χ3v) is 6.72. The van der Waals surface area contributed by atoms with Gasteiger partial charge in [-0.3, -0.25) is 23.3 Å². The highest BCUT2D eigenvalue weighted by atomic mass is 16.5. The molecule has 4 aromatic rings. The number of carbonyl (C=O) groups is 1. The van der Waals surface area contributed by atoms with Gasteiger partial charge in [0.1, 0.15) is 6.10 Å². The summed E-state index contributed by atoms with van der Waals surface area (Å²) in [7, 11) is 1.53. The molecule has 9 nitrogen and oxygen atoms in total. The molecule has 0 radical (unpaired) electrons. The molecule has 2 heterocycles. The fraction of sp³-hybridized carbons (Fsp3) is 0.286. The van der Waals surface area contributed by atoms with Crippen molar-refractivity contribution in [2.45, 2.75) is 45.5 Å². The number of ketones is 1. The number of imidazole rings is 1. The van der Waals surface area contributed by atoms with E-state index < -0.39 is 17.4 Å². The second kappa shape index (κ2) is 9.67. The number of allylic oxidation sites excluding steroid dienone is 2. The molecule has 1 aliphatic carbocycles. The minimum Gasteiger partial charge on any atom is -0.455 e. The fourth-order valence-corrected chi connectivity index (χ4v) is 4.74. The van der Waals surface area contributed by atoms with E-state index in [2.05, 4.69) is 4.98 Å². The lowest BCUT2D eigenvalue weighted by Crippen LogP contribution is -2.41. The summed E-state index contributed by atoms with van der Waals surface area (Å²) >= 11 is 0. The number of rotatable bonds is 7. The molecular formula is C28H29N5O4. The molecule has 2 atom stereocenters. The predicted molar refractivity (Wildman–Crippen MR) is 141 cm³/mol. The molecule has 0 aliphatic heterocycles. The van der Waals surface area contributed by atoms with Gasteiger partial charge in [0, 0.05) is 19.2 Å². The number of Topliss-reactive ketones (excluding diaryl/α,β-unsaturated/α-hetero) is 1. The van der Waals surface area contributed by atoms with E-state index in [1.54, 1.807) is 34.9 Å². The first-order chi connectivity index (χ1) is 17.8. The van der Waals surface area contributed by atoms with Crippen LogP contribution in [0.4, 0.5) is 0 Å². The van der Waals surface area contributed by atoms with Crippen molar-refractivity contribution in [2.75, 3.05) is 0 Å². The molecule has 37 heavy (non-hydrogen) atoms. The number of carbonyl (C=O) groups excluding carboxylic acids is 1. The van der Waals surface area contributed by atoms with Crippen LogP contribution in [0.2, 0.25) is 0 Å². The van der Waals surface area contributed by atoms with Gasteiger partial charge in [-0.2, -0.15) is 4.98 Å². The number of benzene rings is 2. The number of nitrogens with two attached hydrogens (primary N) is 1. The summed E-state index contributed by atoms with van der Waals surface area (Å²) in [6.07, 6.45) is 2.17. The van der Waals surface area contributed by atoms with Gasteiger partial charge in [0.2, 0.25) is 0 Å². The molecule has 2 aromatic carbocycles. The summed E-state index contributed by atoms with van der Waals surface area (Å²) in [5.41, 5.74) is 9.15. The zero-order chi connectivity index (χ0) is 26.3. The Bertz CT molecular complexity index is 1640. The Morgan fingerprint density at radius 1 is 1.08 bits per heavy atom. The van der Waals surface area contributed by atoms with Crippen molar-refractivity contribution >= 4 is 16.9 Å². The molecule has 2 aromatic heterocycles. The second-order valence-corrected chi connectivity index (χ2v) is 9.59. The molecular weight excluding hydrogens is 470 g/mol. The number of aromatic nitrogens is 4. The SMILES string of the molecule is CC(C)=CCn1c(O[C@H]2c3ccccc3C[C@H]2N)nc2c1c(=O)n(CC(=O)c1ccccc1)c(=O)n2C. The Balaban J connectivity index is 1.64. The second-order valence-electron chi connectivity index (χ2n) is 9.59. The predicted octanol–water partition coefficient (Wildman–Crippen LogP) is 2.75. The van der Waals surface area contributed by atoms with Crippen molar-refractivity contribution in [1.29, 1.82) is 0 Å². The molecule has 0 amide bonds. The van der Waals surface area contributed by atoms with Crippen molar-refractivity contribution in [3.8, 4) is 6.01 Å². The highest BCUT2D eigenvalue weighted by molar-refractivity contribution is 5.95. The molecule has 9 heteroatoms. The van der Waals surface area contributed by atoms with E-state index >= 15 is 0 Å². The van der Waals surface area contributed by atoms with E-state index in [1.165, 1.54) is 11.6 Å². The molecule has 0 unspecified atom stereocenters. The molecule has 190 valence electrons. The monoisotopic (exact) mass is 499 g/mol. The van der Waals surface area contributed by atoms with Crippen LogP contribution in [0.3, 0.4) is 0 Å². The Kier molecular flexibility index (Phi) is 6.39. The Morgan fingerprint density at radius 2 is 1.78 bits per heavy atom. The summed E-state index contributed by atoms with van der Waals surface area (Å²) in [5.74, 6) is -0.334. The van der Waals surface area contributed by atoms with Crippen LogP contribution in [-0.2, 0) is 26.6 Å². The van der Waals surface area contributed by atoms with Crippen LogP contribution >= 0.6 is 0 Å². The lowest BCUT2D eigenvalue weighted by atomic mass is 10.1. The fourth-order valence-electron chi connectivity index (χ4n) is 4.74. The standard InChI is InChI=1S/C28H29N5O4/c1-17(2)13-14-32-23-25(30-27(32)37-24-20-12-8-7-11-19(20)15-21(24)29)31(3)28(36)33(26(23)35)16-22(34)18-9-5-4-6-10-18/h4-13,21,24H,14-16,29H2,1-3H3/t21-,24+/m1/s1. The molecule has 0 bridgehead atoms. The first kappa shape index (κ1) is 24.5. The molecule has 0 spiro atoms. The third kappa shape index (κ3) is 4.42. The Morgan fingerprint density at radius 3 is 2.51 bits per heavy atom. The van der Waals surface area contributed by atoms with Crippen molar-refractivity contribution in [1.82, 2.24) is 18.7 Å². The molecule has 0 saturated carbocycles. The summed E-state index contributed by atoms with van der Waals surface area (Å²) in [5, 5.41) is 0. The van der Waals surface area contributed by atoms with E-state index in [4.69, 9.17) is 10.5 Å². The number of hydrogen-bond acceptors (Lipinski definition) is 6. The van der Waals surface area contributed by atoms with Gasteiger partial charge in [0.15, 0.2) is 16.9 Å². The van der Waals surface area contributed by atoms with Gasteiger partial charge in [0.05, 0.1) is 12.6 Å². The quantitative estimate of drug-likeness (QED) is 0.309. The highest BCUT2D eigenvalue weighted by Gasteiger charge is 2.33. The Labute approximate surface area is 213 Å². The van der Waals surface area contributed by atoms with Gasteiger partial charge in [0.25, 0.3) is 11.6 Å². The van der Waals surface area contributed by atoms with Crippen molar-refractivity contribution in [3.63, 3.8) is 0 Å². The summed E-state index contributed by atoms with van der Waals surface area (Å²) < 4.78 is 10.3. The maximum Gasteiger partial charge on any atom is 0.332 e. The van der Waals surface area contributed by atoms with Crippen molar-refractivity contribution in [3.05, 3.63) is 104 Å². The lowest BCUT2D eigenvalue weighted by Gasteiger charge is -2.19. The first-order valence-corrected chi connectivity index (χ1v) is 12.2. The van der Waals surface area contributed by atoms with Gasteiger partial charge < -0.3 is 10.5 Å². The van der Waals surface area contributed by atoms with Gasteiger partial charge in [-0.15, -0.1) is 0 Å². The lowest BCUT2D eigenvalue weighted by molar-refractivity contribution is 0.0969. The third-order valence-electron chi connectivity index (χ3n) is 6.72. The van der Waals surface area contributed by atoms with Crippen LogP contribution < -0.4 is 21.7 Å². The summed E-state index contributed by atoms with van der Waals surface area (Å²) in [6.45, 7) is 3.83. The molecule has 5 rings (SSSR count). The van der Waals surface area contributed by atoms with E-state index in [0.717, 1.165) is 21.3 Å². The average Bonchev–Trinajstić information content (AvgIpc) is 3.41.